The number of rotatable bonds is 6. The van der Waals surface area contributed by atoms with Gasteiger partial charge >= 0.3 is 0 Å². The molecule has 0 aliphatic heterocycles. The lowest BCUT2D eigenvalue weighted by Crippen LogP contribution is -2.39. The molecule has 0 unspecified atom stereocenters. The number of benzene rings is 1. The molecule has 0 fully saturated rings. The third-order valence-electron chi connectivity index (χ3n) is 2.28. The topological polar surface area (TPSA) is 21.3 Å². The van der Waals surface area contributed by atoms with Crippen LogP contribution in [0, 0.1) is 0 Å². The molecule has 0 radical (unpaired) electrons. The van der Waals surface area contributed by atoms with E-state index >= 15 is 0 Å². The highest BCUT2D eigenvalue weighted by Gasteiger charge is 2.19. The zero-order chi connectivity index (χ0) is 12.0. The average Bonchev–Trinajstić information content (AvgIpc) is 2.16. The van der Waals surface area contributed by atoms with Crippen LogP contribution in [0.15, 0.2) is 30.3 Å². The second-order valence-corrected chi connectivity index (χ2v) is 5.02. The zero-order valence-electron chi connectivity index (χ0n) is 10.8. The van der Waals surface area contributed by atoms with Crippen molar-refractivity contribution in [2.24, 2.45) is 0 Å². The molecule has 1 aromatic carbocycles. The fourth-order valence-corrected chi connectivity index (χ4v) is 1.78. The monoisotopic (exact) mass is 221 g/mol. The summed E-state index contributed by atoms with van der Waals surface area (Å²) < 4.78 is 5.81. The Morgan fingerprint density at radius 1 is 1.19 bits per heavy atom. The first kappa shape index (κ1) is 13.2. The van der Waals surface area contributed by atoms with E-state index in [2.05, 4.69) is 57.3 Å². The molecule has 16 heavy (non-hydrogen) atoms. The van der Waals surface area contributed by atoms with E-state index in [1.165, 1.54) is 5.56 Å². The normalized spacial score (nSPS) is 12.1. The summed E-state index contributed by atoms with van der Waals surface area (Å²) >= 11 is 0. The molecule has 0 spiro atoms. The van der Waals surface area contributed by atoms with Gasteiger partial charge in [-0.05, 0) is 33.3 Å². The molecular weight excluding hydrogens is 198 g/mol. The Morgan fingerprint density at radius 3 is 2.38 bits per heavy atom. The lowest BCUT2D eigenvalue weighted by Gasteiger charge is -2.28. The van der Waals surface area contributed by atoms with E-state index in [4.69, 9.17) is 4.74 Å². The van der Waals surface area contributed by atoms with E-state index in [0.717, 1.165) is 13.1 Å². The van der Waals surface area contributed by atoms with Gasteiger partial charge in [0.1, 0.15) is 0 Å². The van der Waals surface area contributed by atoms with Crippen LogP contribution in [-0.2, 0) is 11.3 Å². The summed E-state index contributed by atoms with van der Waals surface area (Å²) in [5, 5.41) is 3.42. The van der Waals surface area contributed by atoms with Gasteiger partial charge in [0.25, 0.3) is 0 Å². The Hall–Kier alpha value is -0.860. The summed E-state index contributed by atoms with van der Waals surface area (Å²) in [5.41, 5.74) is 1.20. The summed E-state index contributed by atoms with van der Waals surface area (Å²) in [5.74, 6) is 0. The van der Waals surface area contributed by atoms with Crippen molar-refractivity contribution in [3.63, 3.8) is 0 Å². The van der Waals surface area contributed by atoms with Gasteiger partial charge in [0.15, 0.2) is 0 Å². The van der Waals surface area contributed by atoms with Crippen LogP contribution in [0.1, 0.15) is 33.3 Å². The van der Waals surface area contributed by atoms with Gasteiger partial charge in [0.05, 0.1) is 11.7 Å². The Balaban J connectivity index is 2.30. The van der Waals surface area contributed by atoms with Crippen LogP contribution >= 0.6 is 0 Å². The Kier molecular flexibility index (Phi) is 4.97. The highest BCUT2D eigenvalue weighted by Crippen LogP contribution is 2.11. The average molecular weight is 221 g/mol. The molecule has 0 heterocycles. The molecule has 1 aromatic rings. The smallest absolute Gasteiger partial charge is 0.0753 e. The van der Waals surface area contributed by atoms with Crippen LogP contribution in [0.5, 0.6) is 0 Å². The Labute approximate surface area is 99.0 Å². The summed E-state index contributed by atoms with van der Waals surface area (Å²) in [6.07, 6.45) is 0.272. The molecule has 2 heteroatoms. The third-order valence-corrected chi connectivity index (χ3v) is 2.28. The Morgan fingerprint density at radius 2 is 1.81 bits per heavy atom. The molecule has 0 amide bonds. The van der Waals surface area contributed by atoms with Crippen molar-refractivity contribution in [2.75, 3.05) is 6.54 Å². The van der Waals surface area contributed by atoms with Crippen molar-refractivity contribution in [2.45, 2.75) is 45.9 Å². The minimum Gasteiger partial charge on any atom is -0.372 e. The predicted molar refractivity (Wildman–Crippen MR) is 68.4 cm³/mol. The quantitative estimate of drug-likeness (QED) is 0.797. The van der Waals surface area contributed by atoms with Crippen molar-refractivity contribution >= 4 is 0 Å². The van der Waals surface area contributed by atoms with Crippen LogP contribution < -0.4 is 5.32 Å². The van der Waals surface area contributed by atoms with E-state index in [-0.39, 0.29) is 11.7 Å². The molecular formula is C14H23NO. The second-order valence-electron chi connectivity index (χ2n) is 5.02. The van der Waals surface area contributed by atoms with Gasteiger partial charge in [0.2, 0.25) is 0 Å². The molecule has 0 atom stereocenters. The SMILES string of the molecule is CC(C)OC(C)(C)CNCc1ccccc1. The molecule has 0 aliphatic rings. The minimum absolute atomic E-state index is 0.108. The predicted octanol–water partition coefficient (Wildman–Crippen LogP) is 2.98. The lowest BCUT2D eigenvalue weighted by atomic mass is 10.1. The van der Waals surface area contributed by atoms with Crippen molar-refractivity contribution in [1.82, 2.24) is 5.32 Å². The zero-order valence-corrected chi connectivity index (χ0v) is 10.8. The van der Waals surface area contributed by atoms with Gasteiger partial charge in [-0.2, -0.15) is 0 Å². The second kappa shape index (κ2) is 6.02. The largest absolute Gasteiger partial charge is 0.372 e. The van der Waals surface area contributed by atoms with E-state index in [9.17, 15) is 0 Å². The minimum atomic E-state index is -0.108. The number of hydrogen-bond donors (Lipinski definition) is 1. The summed E-state index contributed by atoms with van der Waals surface area (Å²) in [6.45, 7) is 10.1. The van der Waals surface area contributed by atoms with E-state index < -0.39 is 0 Å². The van der Waals surface area contributed by atoms with Gasteiger partial charge < -0.3 is 10.1 Å². The standard InChI is InChI=1S/C14H23NO/c1-12(2)16-14(3,4)11-15-10-13-8-6-5-7-9-13/h5-9,12,15H,10-11H2,1-4H3. The molecule has 0 saturated heterocycles. The summed E-state index contributed by atoms with van der Waals surface area (Å²) in [6, 6.07) is 10.4. The van der Waals surface area contributed by atoms with Crippen LogP contribution in [0.3, 0.4) is 0 Å². The first-order chi connectivity index (χ1) is 7.49. The number of nitrogens with one attached hydrogen (secondary N) is 1. The molecule has 1 rings (SSSR count). The third kappa shape index (κ3) is 5.29. The maximum atomic E-state index is 5.81. The molecule has 0 bridgehead atoms. The van der Waals surface area contributed by atoms with Crippen LogP contribution in [0.2, 0.25) is 0 Å². The van der Waals surface area contributed by atoms with Gasteiger partial charge in [-0.1, -0.05) is 30.3 Å². The van der Waals surface area contributed by atoms with Gasteiger partial charge in [-0.3, -0.25) is 0 Å². The molecule has 2 nitrogen and oxygen atoms in total. The van der Waals surface area contributed by atoms with Crippen molar-refractivity contribution in [1.29, 1.82) is 0 Å². The maximum Gasteiger partial charge on any atom is 0.0753 e. The molecule has 0 aliphatic carbocycles. The first-order valence-electron chi connectivity index (χ1n) is 5.92. The van der Waals surface area contributed by atoms with Gasteiger partial charge in [-0.25, -0.2) is 0 Å². The first-order valence-corrected chi connectivity index (χ1v) is 5.92. The van der Waals surface area contributed by atoms with E-state index in [1.54, 1.807) is 0 Å². The highest BCUT2D eigenvalue weighted by atomic mass is 16.5. The van der Waals surface area contributed by atoms with Crippen LogP contribution in [-0.4, -0.2) is 18.2 Å². The summed E-state index contributed by atoms with van der Waals surface area (Å²) in [4.78, 5) is 0. The van der Waals surface area contributed by atoms with Crippen LogP contribution in [0.4, 0.5) is 0 Å². The van der Waals surface area contributed by atoms with Gasteiger partial charge in [-0.15, -0.1) is 0 Å². The molecule has 90 valence electrons. The van der Waals surface area contributed by atoms with Crippen molar-refractivity contribution in [3.8, 4) is 0 Å². The van der Waals surface area contributed by atoms with E-state index in [1.807, 2.05) is 6.07 Å². The lowest BCUT2D eigenvalue weighted by molar-refractivity contribution is -0.0539. The molecule has 0 saturated carbocycles. The van der Waals surface area contributed by atoms with Crippen LogP contribution in [0.25, 0.3) is 0 Å². The summed E-state index contributed by atoms with van der Waals surface area (Å²) in [7, 11) is 0. The number of ether oxygens (including phenoxy) is 1. The number of hydrogen-bond acceptors (Lipinski definition) is 2. The fraction of sp³-hybridized carbons (Fsp3) is 0.571. The molecule has 0 aromatic heterocycles. The maximum absolute atomic E-state index is 5.81. The van der Waals surface area contributed by atoms with Gasteiger partial charge in [0, 0.05) is 13.1 Å². The van der Waals surface area contributed by atoms with E-state index in [0.29, 0.717) is 0 Å². The van der Waals surface area contributed by atoms with Crippen molar-refractivity contribution < 1.29 is 4.74 Å². The molecule has 1 N–H and O–H groups in total. The fourth-order valence-electron chi connectivity index (χ4n) is 1.78. The highest BCUT2D eigenvalue weighted by molar-refractivity contribution is 5.14. The Bertz CT molecular complexity index is 293. The van der Waals surface area contributed by atoms with Crippen molar-refractivity contribution in [3.05, 3.63) is 35.9 Å².